The first-order valence-corrected chi connectivity index (χ1v) is 7.29. The first-order valence-electron chi connectivity index (χ1n) is 7.29. The van der Waals surface area contributed by atoms with E-state index in [4.69, 9.17) is 5.73 Å². The number of rotatable bonds is 3. The molecular weight excluding hydrogens is 258 g/mol. The Morgan fingerprint density at radius 2 is 2.14 bits per heavy atom. The molecule has 0 unspecified atom stereocenters. The highest BCUT2D eigenvalue weighted by Crippen LogP contribution is 2.31. The van der Waals surface area contributed by atoms with Crippen LogP contribution in [0.2, 0.25) is 0 Å². The van der Waals surface area contributed by atoms with Crippen molar-refractivity contribution in [2.45, 2.75) is 19.8 Å². The molecule has 0 spiro atoms. The van der Waals surface area contributed by atoms with Crippen molar-refractivity contribution in [3.8, 4) is 11.8 Å². The van der Waals surface area contributed by atoms with Crippen molar-refractivity contribution < 1.29 is 0 Å². The van der Waals surface area contributed by atoms with Crippen LogP contribution >= 0.6 is 0 Å². The molecule has 0 amide bonds. The number of nitrogens with one attached hydrogen (secondary N) is 1. The second-order valence-corrected chi connectivity index (χ2v) is 5.52. The number of aromatic nitrogens is 1. The number of nitrogens with zero attached hydrogens (tertiary/aromatic N) is 1. The van der Waals surface area contributed by atoms with Gasteiger partial charge in [-0.2, -0.15) is 0 Å². The highest BCUT2D eigenvalue weighted by Gasteiger charge is 2.21. The lowest BCUT2D eigenvalue weighted by molar-refractivity contribution is 0.889. The molecule has 1 aromatic carbocycles. The zero-order valence-electron chi connectivity index (χ0n) is 12.2. The van der Waals surface area contributed by atoms with Crippen LogP contribution in [0.5, 0.6) is 0 Å². The molecular formula is C18H19N3. The monoisotopic (exact) mass is 277 g/mol. The number of benzene rings is 1. The molecule has 1 aliphatic carbocycles. The first-order chi connectivity index (χ1) is 10.2. The van der Waals surface area contributed by atoms with E-state index in [1.165, 1.54) is 12.8 Å². The van der Waals surface area contributed by atoms with E-state index in [0.717, 1.165) is 40.5 Å². The van der Waals surface area contributed by atoms with Gasteiger partial charge < -0.3 is 11.1 Å². The van der Waals surface area contributed by atoms with Crippen LogP contribution < -0.4 is 11.1 Å². The van der Waals surface area contributed by atoms with Gasteiger partial charge in [0.25, 0.3) is 0 Å². The van der Waals surface area contributed by atoms with Crippen molar-refractivity contribution >= 4 is 11.4 Å². The van der Waals surface area contributed by atoms with Crippen LogP contribution in [0.4, 0.5) is 11.4 Å². The Morgan fingerprint density at radius 3 is 2.86 bits per heavy atom. The fraction of sp³-hybridized carbons (Fsp3) is 0.278. The minimum atomic E-state index is 0.800. The third-order valence-electron chi connectivity index (χ3n) is 3.80. The maximum Gasteiger partial charge on any atom is 0.0592 e. The van der Waals surface area contributed by atoms with Gasteiger partial charge in [-0.25, -0.2) is 0 Å². The number of pyridine rings is 1. The van der Waals surface area contributed by atoms with Crippen molar-refractivity contribution in [1.82, 2.24) is 4.98 Å². The van der Waals surface area contributed by atoms with E-state index < -0.39 is 0 Å². The Morgan fingerprint density at radius 1 is 1.29 bits per heavy atom. The Balaban J connectivity index is 1.80. The summed E-state index contributed by atoms with van der Waals surface area (Å²) in [6, 6.07) is 7.89. The second kappa shape index (κ2) is 5.88. The van der Waals surface area contributed by atoms with Gasteiger partial charge in [-0.15, -0.1) is 0 Å². The van der Waals surface area contributed by atoms with Crippen molar-refractivity contribution in [3.63, 3.8) is 0 Å². The van der Waals surface area contributed by atoms with Crippen LogP contribution in [0.1, 0.15) is 29.5 Å². The molecule has 1 fully saturated rings. The van der Waals surface area contributed by atoms with Crippen molar-refractivity contribution in [3.05, 3.63) is 53.3 Å². The van der Waals surface area contributed by atoms with E-state index in [-0.39, 0.29) is 0 Å². The van der Waals surface area contributed by atoms with Gasteiger partial charge in [-0.3, -0.25) is 4.98 Å². The number of nitrogen functional groups attached to an aromatic ring is 1. The first kappa shape index (κ1) is 13.5. The van der Waals surface area contributed by atoms with Crippen molar-refractivity contribution in [1.29, 1.82) is 0 Å². The zero-order valence-corrected chi connectivity index (χ0v) is 12.2. The topological polar surface area (TPSA) is 50.9 Å². The van der Waals surface area contributed by atoms with E-state index >= 15 is 0 Å². The molecule has 21 heavy (non-hydrogen) atoms. The molecule has 2 aromatic rings. The molecule has 1 heterocycles. The molecule has 0 bridgehead atoms. The van der Waals surface area contributed by atoms with E-state index in [1.54, 1.807) is 12.4 Å². The number of nitrogens with two attached hydrogens (primary N) is 1. The van der Waals surface area contributed by atoms with Gasteiger partial charge in [0.1, 0.15) is 0 Å². The fourth-order valence-electron chi connectivity index (χ4n) is 2.17. The van der Waals surface area contributed by atoms with Gasteiger partial charge in [0.15, 0.2) is 0 Å². The van der Waals surface area contributed by atoms with Crippen LogP contribution in [0.15, 0.2) is 36.7 Å². The molecule has 0 atom stereocenters. The Hall–Kier alpha value is -2.47. The highest BCUT2D eigenvalue weighted by atomic mass is 14.9. The van der Waals surface area contributed by atoms with Crippen LogP contribution in [-0.2, 0) is 0 Å². The fourth-order valence-corrected chi connectivity index (χ4v) is 2.17. The standard InChI is InChI=1S/C18H19N3/c1-13-16(7-6-14-3-2-10-20-11-14)8-9-17(18(13)19)21-12-15-4-5-15/h2-3,8-11,15,21H,4-5,12,19H2,1H3. The van der Waals surface area contributed by atoms with Crippen LogP contribution in [0.25, 0.3) is 0 Å². The summed E-state index contributed by atoms with van der Waals surface area (Å²) in [5.41, 5.74) is 10.9. The average molecular weight is 277 g/mol. The number of hydrogen-bond acceptors (Lipinski definition) is 3. The van der Waals surface area contributed by atoms with Gasteiger partial charge in [-0.05, 0) is 55.5 Å². The molecule has 3 rings (SSSR count). The van der Waals surface area contributed by atoms with E-state index in [0.29, 0.717) is 0 Å². The lowest BCUT2D eigenvalue weighted by Gasteiger charge is -2.12. The normalized spacial score (nSPS) is 13.4. The van der Waals surface area contributed by atoms with Gasteiger partial charge >= 0.3 is 0 Å². The Labute approximate surface area is 125 Å². The summed E-state index contributed by atoms with van der Waals surface area (Å²) in [7, 11) is 0. The van der Waals surface area contributed by atoms with Crippen LogP contribution in [0, 0.1) is 24.7 Å². The predicted molar refractivity (Wildman–Crippen MR) is 87.0 cm³/mol. The van der Waals surface area contributed by atoms with Gasteiger partial charge in [0.05, 0.1) is 11.4 Å². The number of hydrogen-bond donors (Lipinski definition) is 2. The molecule has 0 saturated heterocycles. The summed E-state index contributed by atoms with van der Waals surface area (Å²) in [5.74, 6) is 7.13. The Bertz CT molecular complexity index is 692. The largest absolute Gasteiger partial charge is 0.397 e. The van der Waals surface area contributed by atoms with Gasteiger partial charge in [0, 0.05) is 30.1 Å². The molecule has 1 aromatic heterocycles. The summed E-state index contributed by atoms with van der Waals surface area (Å²) in [5, 5.41) is 3.43. The zero-order chi connectivity index (χ0) is 14.7. The summed E-state index contributed by atoms with van der Waals surface area (Å²) < 4.78 is 0. The molecule has 3 heteroatoms. The third-order valence-corrected chi connectivity index (χ3v) is 3.80. The third kappa shape index (κ3) is 3.35. The van der Waals surface area contributed by atoms with E-state index in [2.05, 4.69) is 22.1 Å². The minimum Gasteiger partial charge on any atom is -0.397 e. The average Bonchev–Trinajstić information content (AvgIpc) is 3.33. The number of anilines is 2. The molecule has 0 radical (unpaired) electrons. The smallest absolute Gasteiger partial charge is 0.0592 e. The summed E-state index contributed by atoms with van der Waals surface area (Å²) in [4.78, 5) is 4.06. The van der Waals surface area contributed by atoms with Crippen molar-refractivity contribution in [2.75, 3.05) is 17.6 Å². The molecule has 1 aliphatic rings. The quantitative estimate of drug-likeness (QED) is 0.669. The maximum atomic E-state index is 6.22. The lowest BCUT2D eigenvalue weighted by atomic mass is 10.1. The minimum absolute atomic E-state index is 0.800. The predicted octanol–water partition coefficient (Wildman–Crippen LogP) is 3.19. The van der Waals surface area contributed by atoms with Crippen molar-refractivity contribution in [2.24, 2.45) is 5.92 Å². The second-order valence-electron chi connectivity index (χ2n) is 5.52. The molecule has 1 saturated carbocycles. The molecule has 3 N–H and O–H groups in total. The molecule has 106 valence electrons. The molecule has 0 aliphatic heterocycles. The summed E-state index contributed by atoms with van der Waals surface area (Å²) in [6.07, 6.45) is 6.17. The summed E-state index contributed by atoms with van der Waals surface area (Å²) >= 11 is 0. The molecule has 3 nitrogen and oxygen atoms in total. The van der Waals surface area contributed by atoms with Crippen LogP contribution in [-0.4, -0.2) is 11.5 Å². The SMILES string of the molecule is Cc1c(C#Cc2cccnc2)ccc(NCC2CC2)c1N. The maximum absolute atomic E-state index is 6.22. The van der Waals surface area contributed by atoms with Gasteiger partial charge in [-0.1, -0.05) is 11.8 Å². The highest BCUT2D eigenvalue weighted by molar-refractivity contribution is 5.73. The van der Waals surface area contributed by atoms with E-state index in [9.17, 15) is 0 Å². The van der Waals surface area contributed by atoms with E-state index in [1.807, 2.05) is 31.2 Å². The van der Waals surface area contributed by atoms with Crippen LogP contribution in [0.3, 0.4) is 0 Å². The van der Waals surface area contributed by atoms with Gasteiger partial charge in [0.2, 0.25) is 0 Å². The summed E-state index contributed by atoms with van der Waals surface area (Å²) in [6.45, 7) is 3.04. The Kier molecular flexibility index (Phi) is 3.79. The lowest BCUT2D eigenvalue weighted by Crippen LogP contribution is -2.07.